The van der Waals surface area contributed by atoms with E-state index in [1.165, 1.54) is 7.11 Å². The number of oxazole rings is 1. The van der Waals surface area contributed by atoms with Gasteiger partial charge in [0.05, 0.1) is 7.11 Å². The molecule has 0 aliphatic carbocycles. The van der Waals surface area contributed by atoms with Crippen LogP contribution < -0.4 is 9.64 Å². The highest BCUT2D eigenvalue weighted by molar-refractivity contribution is 5.39. The van der Waals surface area contributed by atoms with Gasteiger partial charge in [-0.1, -0.05) is 0 Å². The maximum atomic E-state index is 8.73. The Balaban J connectivity index is 2.26. The zero-order valence-corrected chi connectivity index (χ0v) is 7.99. The summed E-state index contributed by atoms with van der Waals surface area (Å²) in [5, 5.41) is 8.73. The van der Waals surface area contributed by atoms with Crippen LogP contribution in [0.2, 0.25) is 0 Å². The standard InChI is InChI=1S/C9H11N3O2/c1-13-8-7(6-10)11-9(14-8)12-4-2-3-5-12/h2-5H2,1H3. The Bertz CT molecular complexity index is 361. The van der Waals surface area contributed by atoms with E-state index in [1.54, 1.807) is 0 Å². The maximum Gasteiger partial charge on any atom is 0.325 e. The lowest BCUT2D eigenvalue weighted by Crippen LogP contribution is -2.17. The minimum atomic E-state index is 0.203. The van der Waals surface area contributed by atoms with Gasteiger partial charge in [0.15, 0.2) is 0 Å². The molecule has 0 bridgehead atoms. The second kappa shape index (κ2) is 3.58. The Morgan fingerprint density at radius 2 is 2.21 bits per heavy atom. The van der Waals surface area contributed by atoms with Crippen molar-refractivity contribution in [2.24, 2.45) is 0 Å². The number of anilines is 1. The van der Waals surface area contributed by atoms with Gasteiger partial charge in [0.1, 0.15) is 6.07 Å². The molecule has 1 saturated heterocycles. The van der Waals surface area contributed by atoms with Crippen LogP contribution in [0, 0.1) is 11.3 Å². The Morgan fingerprint density at radius 3 is 2.71 bits per heavy atom. The van der Waals surface area contributed by atoms with Crippen LogP contribution in [0.15, 0.2) is 4.42 Å². The van der Waals surface area contributed by atoms with Gasteiger partial charge in [0.25, 0.3) is 0 Å². The fourth-order valence-corrected chi connectivity index (χ4v) is 1.55. The number of ether oxygens (including phenoxy) is 1. The quantitative estimate of drug-likeness (QED) is 0.705. The van der Waals surface area contributed by atoms with Gasteiger partial charge in [-0.2, -0.15) is 10.2 Å². The lowest BCUT2D eigenvalue weighted by molar-refractivity contribution is 0.305. The second-order valence-electron chi connectivity index (χ2n) is 3.14. The molecule has 5 nitrogen and oxygen atoms in total. The first-order valence-corrected chi connectivity index (χ1v) is 4.55. The molecule has 2 heterocycles. The van der Waals surface area contributed by atoms with E-state index < -0.39 is 0 Å². The number of rotatable bonds is 2. The number of nitrogens with zero attached hydrogens (tertiary/aromatic N) is 3. The minimum absolute atomic E-state index is 0.203. The van der Waals surface area contributed by atoms with E-state index in [0.29, 0.717) is 6.01 Å². The summed E-state index contributed by atoms with van der Waals surface area (Å²) in [4.78, 5) is 6.07. The van der Waals surface area contributed by atoms with Crippen LogP contribution in [0.25, 0.3) is 0 Å². The Morgan fingerprint density at radius 1 is 1.50 bits per heavy atom. The Labute approximate surface area is 81.9 Å². The van der Waals surface area contributed by atoms with Gasteiger partial charge in [0, 0.05) is 13.1 Å². The van der Waals surface area contributed by atoms with Crippen LogP contribution in [0.4, 0.5) is 6.01 Å². The molecule has 0 aromatic carbocycles. The van der Waals surface area contributed by atoms with E-state index in [9.17, 15) is 0 Å². The third-order valence-corrected chi connectivity index (χ3v) is 2.25. The minimum Gasteiger partial charge on any atom is -0.466 e. The number of aromatic nitrogens is 1. The molecule has 5 heteroatoms. The molecular formula is C9H11N3O2. The molecule has 0 saturated carbocycles. The van der Waals surface area contributed by atoms with E-state index in [4.69, 9.17) is 14.4 Å². The maximum absolute atomic E-state index is 8.73. The first-order chi connectivity index (χ1) is 6.85. The molecule has 14 heavy (non-hydrogen) atoms. The highest BCUT2D eigenvalue weighted by Crippen LogP contribution is 2.26. The molecule has 1 aromatic heterocycles. The molecule has 1 fully saturated rings. The molecule has 0 radical (unpaired) electrons. The molecule has 74 valence electrons. The zero-order chi connectivity index (χ0) is 9.97. The van der Waals surface area contributed by atoms with Crippen LogP contribution in [0.1, 0.15) is 18.5 Å². The summed E-state index contributed by atoms with van der Waals surface area (Å²) in [6.07, 6.45) is 2.29. The predicted molar refractivity (Wildman–Crippen MR) is 49.2 cm³/mol. The fourth-order valence-electron chi connectivity index (χ4n) is 1.55. The van der Waals surface area contributed by atoms with Gasteiger partial charge < -0.3 is 14.1 Å². The summed E-state index contributed by atoms with van der Waals surface area (Å²) in [5.41, 5.74) is 0.217. The van der Waals surface area contributed by atoms with Crippen molar-refractivity contribution in [1.82, 2.24) is 4.98 Å². The van der Waals surface area contributed by atoms with Crippen molar-refractivity contribution < 1.29 is 9.15 Å². The molecule has 0 spiro atoms. The van der Waals surface area contributed by atoms with Crippen LogP contribution in [0.5, 0.6) is 5.95 Å². The molecule has 1 aromatic rings. The molecule has 0 atom stereocenters. The van der Waals surface area contributed by atoms with Crippen molar-refractivity contribution in [3.8, 4) is 12.0 Å². The van der Waals surface area contributed by atoms with Gasteiger partial charge in [0.2, 0.25) is 5.69 Å². The first-order valence-electron chi connectivity index (χ1n) is 4.55. The molecule has 0 N–H and O–H groups in total. The van der Waals surface area contributed by atoms with E-state index in [0.717, 1.165) is 25.9 Å². The van der Waals surface area contributed by atoms with Crippen molar-refractivity contribution >= 4 is 6.01 Å². The van der Waals surface area contributed by atoms with Crippen molar-refractivity contribution in [3.05, 3.63) is 5.69 Å². The van der Waals surface area contributed by atoms with E-state index >= 15 is 0 Å². The lowest BCUT2D eigenvalue weighted by Gasteiger charge is -2.10. The molecule has 1 aliphatic heterocycles. The summed E-state index contributed by atoms with van der Waals surface area (Å²) in [6.45, 7) is 1.88. The number of hydrogen-bond donors (Lipinski definition) is 0. The summed E-state index contributed by atoms with van der Waals surface area (Å²) in [5.74, 6) is 0.203. The zero-order valence-electron chi connectivity index (χ0n) is 7.99. The smallest absolute Gasteiger partial charge is 0.325 e. The predicted octanol–water partition coefficient (Wildman–Crippen LogP) is 1.16. The van der Waals surface area contributed by atoms with E-state index in [2.05, 4.69) is 4.98 Å². The average molecular weight is 193 g/mol. The fraction of sp³-hybridized carbons (Fsp3) is 0.556. The topological polar surface area (TPSA) is 62.3 Å². The number of hydrogen-bond acceptors (Lipinski definition) is 5. The average Bonchev–Trinajstić information content (AvgIpc) is 2.85. The van der Waals surface area contributed by atoms with Crippen molar-refractivity contribution in [3.63, 3.8) is 0 Å². The summed E-state index contributed by atoms with van der Waals surface area (Å²) in [6, 6.07) is 2.43. The number of methoxy groups -OCH3 is 1. The Hall–Kier alpha value is -1.70. The molecule has 0 amide bonds. The summed E-state index contributed by atoms with van der Waals surface area (Å²) < 4.78 is 10.2. The SMILES string of the molecule is COc1oc(N2CCCC2)nc1C#N. The third kappa shape index (κ3) is 1.39. The monoisotopic (exact) mass is 193 g/mol. The van der Waals surface area contributed by atoms with Crippen LogP contribution in [-0.2, 0) is 0 Å². The van der Waals surface area contributed by atoms with Crippen molar-refractivity contribution in [1.29, 1.82) is 5.26 Å². The summed E-state index contributed by atoms with van der Waals surface area (Å²) >= 11 is 0. The molecule has 2 rings (SSSR count). The molecule has 1 aliphatic rings. The summed E-state index contributed by atoms with van der Waals surface area (Å²) in [7, 11) is 1.47. The highest BCUT2D eigenvalue weighted by Gasteiger charge is 2.21. The van der Waals surface area contributed by atoms with E-state index in [-0.39, 0.29) is 11.6 Å². The normalized spacial score (nSPS) is 15.6. The van der Waals surface area contributed by atoms with E-state index in [1.807, 2.05) is 11.0 Å². The van der Waals surface area contributed by atoms with Gasteiger partial charge in [-0.25, -0.2) is 0 Å². The lowest BCUT2D eigenvalue weighted by atomic mass is 10.4. The largest absolute Gasteiger partial charge is 0.466 e. The van der Waals surface area contributed by atoms with Gasteiger partial charge in [-0.15, -0.1) is 0 Å². The molecule has 0 unspecified atom stereocenters. The molecular weight excluding hydrogens is 182 g/mol. The highest BCUT2D eigenvalue weighted by atomic mass is 16.6. The van der Waals surface area contributed by atoms with Gasteiger partial charge in [-0.05, 0) is 12.8 Å². The van der Waals surface area contributed by atoms with Crippen molar-refractivity contribution in [2.45, 2.75) is 12.8 Å². The first kappa shape index (κ1) is 8.88. The van der Waals surface area contributed by atoms with Crippen LogP contribution in [-0.4, -0.2) is 25.2 Å². The number of nitriles is 1. The van der Waals surface area contributed by atoms with Crippen LogP contribution >= 0.6 is 0 Å². The van der Waals surface area contributed by atoms with Gasteiger partial charge in [-0.3, -0.25) is 0 Å². The van der Waals surface area contributed by atoms with Crippen molar-refractivity contribution in [2.75, 3.05) is 25.1 Å². The Kier molecular flexibility index (Phi) is 2.27. The second-order valence-corrected chi connectivity index (χ2v) is 3.14. The third-order valence-electron chi connectivity index (χ3n) is 2.25. The van der Waals surface area contributed by atoms with Gasteiger partial charge >= 0.3 is 12.0 Å². The van der Waals surface area contributed by atoms with Crippen LogP contribution in [0.3, 0.4) is 0 Å².